The molecule has 0 fully saturated rings. The van der Waals surface area contributed by atoms with Crippen LogP contribution in [0.25, 0.3) is 21.5 Å². The number of carbonyl (C=O) groups is 1. The van der Waals surface area contributed by atoms with Crippen LogP contribution >= 0.6 is 0 Å². The molecule has 86 valence electrons. The predicted molar refractivity (Wildman–Crippen MR) is 61.0 cm³/mol. The monoisotopic (exact) mass is 231 g/mol. The van der Waals surface area contributed by atoms with Crippen molar-refractivity contribution in [2.75, 3.05) is 6.61 Å². The number of aromatic nitrogens is 2. The van der Waals surface area contributed by atoms with Crippen LogP contribution in [0.3, 0.4) is 0 Å². The minimum absolute atomic E-state index is 0.0212. The number of carbonyl (C=O) groups excluding carboxylic acids is 1. The maximum Gasteiger partial charge on any atom is 0.420 e. The summed E-state index contributed by atoms with van der Waals surface area (Å²) in [6.45, 7) is 1.94. The van der Waals surface area contributed by atoms with Gasteiger partial charge in [-0.2, -0.15) is 0 Å². The molecular weight excluding hydrogens is 222 g/mol. The van der Waals surface area contributed by atoms with Crippen LogP contribution in [0.4, 0.5) is 10.7 Å². The molecule has 0 amide bonds. The number of para-hydroxylation sites is 2. The van der Waals surface area contributed by atoms with E-state index < -0.39 is 6.09 Å². The molecule has 2 rings (SSSR count). The maximum atomic E-state index is 11.7. The Morgan fingerprint density at radius 2 is 2.35 bits per heavy atom. The zero-order valence-electron chi connectivity index (χ0n) is 9.07. The van der Waals surface area contributed by atoms with Crippen molar-refractivity contribution >= 4 is 23.1 Å². The lowest BCUT2D eigenvalue weighted by atomic mass is 10.3. The largest absolute Gasteiger partial charge is 0.449 e. The Hall–Kier alpha value is -2.53. The second-order valence-corrected chi connectivity index (χ2v) is 3.12. The first-order chi connectivity index (χ1) is 8.27. The Morgan fingerprint density at radius 1 is 1.59 bits per heavy atom. The van der Waals surface area contributed by atoms with E-state index in [0.29, 0.717) is 11.0 Å². The van der Waals surface area contributed by atoms with Gasteiger partial charge in [0, 0.05) is 4.91 Å². The van der Waals surface area contributed by atoms with Crippen molar-refractivity contribution in [1.29, 1.82) is 0 Å². The molecule has 7 heteroatoms. The summed E-state index contributed by atoms with van der Waals surface area (Å²) in [6, 6.07) is 6.97. The van der Waals surface area contributed by atoms with Gasteiger partial charge >= 0.3 is 6.09 Å². The van der Waals surface area contributed by atoms with Gasteiger partial charge < -0.3 is 4.74 Å². The highest BCUT2D eigenvalue weighted by atomic mass is 16.5. The van der Waals surface area contributed by atoms with Crippen LogP contribution in [0.15, 0.2) is 29.4 Å². The van der Waals surface area contributed by atoms with E-state index in [1.54, 1.807) is 31.2 Å². The standard InChI is InChI=1S/C10H9N5O2/c1-2-17-10(16)15-8-6-4-3-5-7(8)12-9(15)13-14-11/h3-6H,2H2,1H3. The summed E-state index contributed by atoms with van der Waals surface area (Å²) in [4.78, 5) is 18.4. The Balaban J connectivity index is 2.67. The fourth-order valence-electron chi connectivity index (χ4n) is 1.49. The lowest BCUT2D eigenvalue weighted by molar-refractivity contribution is 0.155. The minimum atomic E-state index is -0.608. The predicted octanol–water partition coefficient (Wildman–Crippen LogP) is 2.98. The highest BCUT2D eigenvalue weighted by molar-refractivity contribution is 5.89. The molecule has 0 radical (unpaired) electrons. The third kappa shape index (κ3) is 1.91. The normalized spacial score (nSPS) is 9.94. The van der Waals surface area contributed by atoms with Crippen molar-refractivity contribution in [3.05, 3.63) is 34.7 Å². The van der Waals surface area contributed by atoms with Gasteiger partial charge in [0.2, 0.25) is 5.95 Å². The van der Waals surface area contributed by atoms with Gasteiger partial charge in [0.15, 0.2) is 0 Å². The van der Waals surface area contributed by atoms with E-state index in [1.807, 2.05) is 0 Å². The van der Waals surface area contributed by atoms with Gasteiger partial charge in [-0.05, 0) is 29.7 Å². The zero-order chi connectivity index (χ0) is 12.3. The molecule has 1 heterocycles. The van der Waals surface area contributed by atoms with E-state index in [9.17, 15) is 4.79 Å². The molecule has 0 aliphatic rings. The maximum absolute atomic E-state index is 11.7. The smallest absolute Gasteiger partial charge is 0.420 e. The number of azide groups is 1. The van der Waals surface area contributed by atoms with Gasteiger partial charge in [-0.25, -0.2) is 14.3 Å². The van der Waals surface area contributed by atoms with Crippen molar-refractivity contribution < 1.29 is 9.53 Å². The molecule has 0 saturated carbocycles. The van der Waals surface area contributed by atoms with Crippen LogP contribution < -0.4 is 0 Å². The lowest BCUT2D eigenvalue weighted by Crippen LogP contribution is -2.12. The van der Waals surface area contributed by atoms with Gasteiger partial charge in [0.05, 0.1) is 17.6 Å². The average Bonchev–Trinajstić information content (AvgIpc) is 2.67. The van der Waals surface area contributed by atoms with Crippen LogP contribution in [0, 0.1) is 0 Å². The molecule has 7 nitrogen and oxygen atoms in total. The third-order valence-electron chi connectivity index (χ3n) is 2.13. The fourth-order valence-corrected chi connectivity index (χ4v) is 1.49. The molecule has 0 spiro atoms. The van der Waals surface area contributed by atoms with Crippen LogP contribution in [-0.2, 0) is 4.74 Å². The Morgan fingerprint density at radius 3 is 3.06 bits per heavy atom. The molecule has 0 aliphatic heterocycles. The summed E-state index contributed by atoms with van der Waals surface area (Å²) in [5.41, 5.74) is 9.56. The lowest BCUT2D eigenvalue weighted by Gasteiger charge is -2.04. The fraction of sp³-hybridized carbons (Fsp3) is 0.200. The third-order valence-corrected chi connectivity index (χ3v) is 2.13. The van der Waals surface area contributed by atoms with E-state index in [4.69, 9.17) is 10.3 Å². The molecule has 0 saturated heterocycles. The second kappa shape index (κ2) is 4.54. The molecule has 0 atom stereocenters. The molecular formula is C10H9N5O2. The average molecular weight is 231 g/mol. The van der Waals surface area contributed by atoms with Crippen LogP contribution in [0.2, 0.25) is 0 Å². The van der Waals surface area contributed by atoms with Crippen molar-refractivity contribution in [2.45, 2.75) is 6.92 Å². The Kier molecular flexibility index (Phi) is 2.93. The molecule has 0 N–H and O–H groups in total. The topological polar surface area (TPSA) is 92.9 Å². The molecule has 2 aromatic rings. The van der Waals surface area contributed by atoms with E-state index in [-0.39, 0.29) is 12.6 Å². The van der Waals surface area contributed by atoms with E-state index >= 15 is 0 Å². The summed E-state index contributed by atoms with van der Waals surface area (Å²) in [7, 11) is 0. The number of ether oxygens (including phenoxy) is 1. The number of benzene rings is 1. The Labute approximate surface area is 96.3 Å². The number of imidazole rings is 1. The van der Waals surface area contributed by atoms with Crippen molar-refractivity contribution in [2.24, 2.45) is 5.11 Å². The van der Waals surface area contributed by atoms with Crippen LogP contribution in [-0.4, -0.2) is 22.3 Å². The molecule has 0 bridgehead atoms. The number of hydrogen-bond donors (Lipinski definition) is 0. The van der Waals surface area contributed by atoms with Gasteiger partial charge in [-0.1, -0.05) is 12.1 Å². The van der Waals surface area contributed by atoms with Crippen molar-refractivity contribution in [3.8, 4) is 0 Å². The molecule has 1 aromatic heterocycles. The van der Waals surface area contributed by atoms with E-state index in [0.717, 1.165) is 4.57 Å². The molecule has 0 unspecified atom stereocenters. The number of rotatable bonds is 2. The molecule has 1 aromatic carbocycles. The summed E-state index contributed by atoms with van der Waals surface area (Å²) in [6.07, 6.45) is -0.608. The van der Waals surface area contributed by atoms with Crippen molar-refractivity contribution in [1.82, 2.24) is 9.55 Å². The summed E-state index contributed by atoms with van der Waals surface area (Å²) in [5, 5.41) is 3.38. The van der Waals surface area contributed by atoms with E-state index in [2.05, 4.69) is 15.0 Å². The van der Waals surface area contributed by atoms with Gasteiger partial charge in [0.1, 0.15) is 0 Å². The van der Waals surface area contributed by atoms with Gasteiger partial charge in [-0.15, -0.1) is 0 Å². The summed E-state index contributed by atoms with van der Waals surface area (Å²) >= 11 is 0. The minimum Gasteiger partial charge on any atom is -0.449 e. The first-order valence-corrected chi connectivity index (χ1v) is 4.97. The number of fused-ring (bicyclic) bond motifs is 1. The zero-order valence-corrected chi connectivity index (χ0v) is 9.07. The SMILES string of the molecule is CCOC(=O)n1c(N=[N+]=[N-])nc2ccccc21. The van der Waals surface area contributed by atoms with Gasteiger partial charge in [-0.3, -0.25) is 0 Å². The van der Waals surface area contributed by atoms with Crippen LogP contribution in [0.1, 0.15) is 6.92 Å². The number of nitrogens with zero attached hydrogens (tertiary/aromatic N) is 5. The second-order valence-electron chi connectivity index (χ2n) is 3.12. The highest BCUT2D eigenvalue weighted by Crippen LogP contribution is 2.21. The molecule has 17 heavy (non-hydrogen) atoms. The quantitative estimate of drug-likeness (QED) is 0.451. The van der Waals surface area contributed by atoms with Gasteiger partial charge in [0.25, 0.3) is 0 Å². The van der Waals surface area contributed by atoms with Crippen molar-refractivity contribution in [3.63, 3.8) is 0 Å². The first kappa shape index (κ1) is 11.0. The van der Waals surface area contributed by atoms with Crippen LogP contribution in [0.5, 0.6) is 0 Å². The molecule has 0 aliphatic carbocycles. The Bertz CT molecular complexity index is 612. The van der Waals surface area contributed by atoms with E-state index in [1.165, 1.54) is 0 Å². The number of hydrogen-bond acceptors (Lipinski definition) is 4. The first-order valence-electron chi connectivity index (χ1n) is 4.97. The summed E-state index contributed by atoms with van der Waals surface area (Å²) in [5.74, 6) is -0.0212. The summed E-state index contributed by atoms with van der Waals surface area (Å²) < 4.78 is 6.03. The highest BCUT2D eigenvalue weighted by Gasteiger charge is 2.16.